The third-order valence-electron chi connectivity index (χ3n) is 2.34. The summed E-state index contributed by atoms with van der Waals surface area (Å²) in [5, 5.41) is 0.971. The van der Waals surface area contributed by atoms with Gasteiger partial charge in [0.25, 0.3) is 0 Å². The summed E-state index contributed by atoms with van der Waals surface area (Å²) in [7, 11) is 0. The van der Waals surface area contributed by atoms with Gasteiger partial charge in [-0.1, -0.05) is 6.92 Å². The van der Waals surface area contributed by atoms with Crippen molar-refractivity contribution in [3.8, 4) is 5.75 Å². The van der Waals surface area contributed by atoms with Gasteiger partial charge in [-0.15, -0.1) is 0 Å². The third-order valence-corrected chi connectivity index (χ3v) is 2.34. The van der Waals surface area contributed by atoms with Crippen LogP contribution >= 0.6 is 0 Å². The average Bonchev–Trinajstić information content (AvgIpc) is 2.35. The van der Waals surface area contributed by atoms with Crippen LogP contribution in [0.3, 0.4) is 0 Å². The van der Waals surface area contributed by atoms with Crippen LogP contribution in [0.5, 0.6) is 5.75 Å². The Morgan fingerprint density at radius 3 is 3.00 bits per heavy atom. The number of anilines is 1. The number of hydrazine groups is 1. The summed E-state index contributed by atoms with van der Waals surface area (Å²) >= 11 is 0. The molecule has 1 aromatic heterocycles. The van der Waals surface area contributed by atoms with Crippen LogP contribution in [-0.4, -0.2) is 11.6 Å². The molecule has 0 saturated heterocycles. The number of nitrogens with two attached hydrogens (primary N) is 1. The van der Waals surface area contributed by atoms with Crippen molar-refractivity contribution in [3.63, 3.8) is 0 Å². The second-order valence-corrected chi connectivity index (χ2v) is 3.53. The maximum Gasteiger partial charge on any atom is 0.120 e. The van der Waals surface area contributed by atoms with E-state index in [1.807, 2.05) is 24.3 Å². The van der Waals surface area contributed by atoms with Gasteiger partial charge in [0.15, 0.2) is 0 Å². The SMILES string of the molecule is CCCOc1ccc2nccc(NN)c2c1. The highest BCUT2D eigenvalue weighted by Crippen LogP contribution is 2.25. The predicted molar refractivity (Wildman–Crippen MR) is 65.3 cm³/mol. The first-order chi connectivity index (χ1) is 7.85. The van der Waals surface area contributed by atoms with Crippen LogP contribution in [0.25, 0.3) is 10.9 Å². The van der Waals surface area contributed by atoms with E-state index in [-0.39, 0.29) is 0 Å². The molecule has 0 aliphatic heterocycles. The minimum Gasteiger partial charge on any atom is -0.494 e. The number of aromatic nitrogens is 1. The van der Waals surface area contributed by atoms with Crippen molar-refractivity contribution in [3.05, 3.63) is 30.5 Å². The molecule has 2 rings (SSSR count). The lowest BCUT2D eigenvalue weighted by atomic mass is 10.2. The highest BCUT2D eigenvalue weighted by atomic mass is 16.5. The molecule has 0 saturated carbocycles. The van der Waals surface area contributed by atoms with Crippen LogP contribution in [0.4, 0.5) is 5.69 Å². The lowest BCUT2D eigenvalue weighted by Crippen LogP contribution is -2.07. The van der Waals surface area contributed by atoms with E-state index in [0.717, 1.165) is 35.4 Å². The smallest absolute Gasteiger partial charge is 0.120 e. The predicted octanol–water partition coefficient (Wildman–Crippen LogP) is 2.31. The van der Waals surface area contributed by atoms with E-state index in [1.165, 1.54) is 0 Å². The van der Waals surface area contributed by atoms with E-state index >= 15 is 0 Å². The summed E-state index contributed by atoms with van der Waals surface area (Å²) in [5.41, 5.74) is 4.41. The van der Waals surface area contributed by atoms with Crippen molar-refractivity contribution >= 4 is 16.6 Å². The first kappa shape index (κ1) is 10.7. The summed E-state index contributed by atoms with van der Waals surface area (Å²) in [6, 6.07) is 7.64. The number of benzene rings is 1. The zero-order valence-electron chi connectivity index (χ0n) is 9.23. The molecule has 0 atom stereocenters. The van der Waals surface area contributed by atoms with Gasteiger partial charge in [-0.2, -0.15) is 0 Å². The lowest BCUT2D eigenvalue weighted by Gasteiger charge is -2.08. The van der Waals surface area contributed by atoms with Crippen molar-refractivity contribution in [1.29, 1.82) is 0 Å². The Labute approximate surface area is 94.4 Å². The van der Waals surface area contributed by atoms with E-state index in [9.17, 15) is 0 Å². The van der Waals surface area contributed by atoms with Crippen LogP contribution in [-0.2, 0) is 0 Å². The molecule has 1 heterocycles. The molecule has 16 heavy (non-hydrogen) atoms. The lowest BCUT2D eigenvalue weighted by molar-refractivity contribution is 0.318. The van der Waals surface area contributed by atoms with Crippen LogP contribution in [0.2, 0.25) is 0 Å². The van der Waals surface area contributed by atoms with E-state index in [1.54, 1.807) is 6.20 Å². The molecule has 3 N–H and O–H groups in total. The second kappa shape index (κ2) is 4.81. The average molecular weight is 217 g/mol. The maximum absolute atomic E-state index is 5.57. The molecule has 0 aliphatic rings. The van der Waals surface area contributed by atoms with Gasteiger partial charge >= 0.3 is 0 Å². The summed E-state index contributed by atoms with van der Waals surface area (Å²) in [6.45, 7) is 2.80. The fraction of sp³-hybridized carbons (Fsp3) is 0.250. The van der Waals surface area contributed by atoms with Crippen molar-refractivity contribution in [2.24, 2.45) is 5.84 Å². The molecule has 4 nitrogen and oxygen atoms in total. The Bertz CT molecular complexity index is 485. The summed E-state index contributed by atoms with van der Waals surface area (Å²) < 4.78 is 5.57. The highest BCUT2D eigenvalue weighted by Gasteiger charge is 2.02. The van der Waals surface area contributed by atoms with Gasteiger partial charge in [0.1, 0.15) is 5.75 Å². The maximum atomic E-state index is 5.57. The molecule has 4 heteroatoms. The minimum atomic E-state index is 0.719. The Hall–Kier alpha value is -1.81. The minimum absolute atomic E-state index is 0.719. The zero-order valence-corrected chi connectivity index (χ0v) is 9.23. The van der Waals surface area contributed by atoms with Gasteiger partial charge in [0.2, 0.25) is 0 Å². The van der Waals surface area contributed by atoms with Gasteiger partial charge in [-0.3, -0.25) is 10.8 Å². The number of hydrogen-bond acceptors (Lipinski definition) is 4. The standard InChI is InChI=1S/C12H15N3O/c1-2-7-16-9-3-4-11-10(8-9)12(15-13)5-6-14-11/h3-6,8H,2,7,13H2,1H3,(H,14,15). The molecule has 1 aromatic carbocycles. The summed E-state index contributed by atoms with van der Waals surface area (Å²) in [4.78, 5) is 4.26. The molecular weight excluding hydrogens is 202 g/mol. The Kier molecular flexibility index (Phi) is 3.22. The first-order valence-electron chi connectivity index (χ1n) is 5.33. The van der Waals surface area contributed by atoms with Gasteiger partial charge in [0.05, 0.1) is 17.8 Å². The molecular formula is C12H15N3O. The van der Waals surface area contributed by atoms with Crippen molar-refractivity contribution in [2.45, 2.75) is 13.3 Å². The number of nitrogen functional groups attached to an aromatic ring is 1. The number of rotatable bonds is 4. The van der Waals surface area contributed by atoms with Crippen LogP contribution in [0.15, 0.2) is 30.5 Å². The topological polar surface area (TPSA) is 60.2 Å². The fourth-order valence-electron chi connectivity index (χ4n) is 1.56. The van der Waals surface area contributed by atoms with Crippen LogP contribution in [0.1, 0.15) is 13.3 Å². The zero-order chi connectivity index (χ0) is 11.4. The van der Waals surface area contributed by atoms with Gasteiger partial charge < -0.3 is 10.2 Å². The van der Waals surface area contributed by atoms with Crippen molar-refractivity contribution in [2.75, 3.05) is 12.0 Å². The molecule has 0 fully saturated rings. The monoisotopic (exact) mass is 217 g/mol. The molecule has 0 amide bonds. The molecule has 0 unspecified atom stereocenters. The molecule has 84 valence electrons. The molecule has 0 radical (unpaired) electrons. The molecule has 2 aromatic rings. The molecule has 0 bridgehead atoms. The van der Waals surface area contributed by atoms with Gasteiger partial charge in [0, 0.05) is 11.6 Å². The van der Waals surface area contributed by atoms with Gasteiger partial charge in [-0.25, -0.2) is 0 Å². The summed E-state index contributed by atoms with van der Waals surface area (Å²) in [5.74, 6) is 6.29. The number of fused-ring (bicyclic) bond motifs is 1. The Morgan fingerprint density at radius 1 is 1.38 bits per heavy atom. The number of hydrogen-bond donors (Lipinski definition) is 2. The highest BCUT2D eigenvalue weighted by molar-refractivity contribution is 5.91. The van der Waals surface area contributed by atoms with Crippen LogP contribution < -0.4 is 16.0 Å². The number of nitrogens with zero attached hydrogens (tertiary/aromatic N) is 1. The Morgan fingerprint density at radius 2 is 2.25 bits per heavy atom. The Balaban J connectivity index is 2.42. The second-order valence-electron chi connectivity index (χ2n) is 3.53. The van der Waals surface area contributed by atoms with E-state index in [0.29, 0.717) is 0 Å². The fourth-order valence-corrected chi connectivity index (χ4v) is 1.56. The molecule has 0 aliphatic carbocycles. The quantitative estimate of drug-likeness (QED) is 0.609. The third kappa shape index (κ3) is 2.06. The normalized spacial score (nSPS) is 10.4. The van der Waals surface area contributed by atoms with E-state index < -0.39 is 0 Å². The number of ether oxygens (including phenoxy) is 1. The molecule has 0 spiro atoms. The van der Waals surface area contributed by atoms with Crippen molar-refractivity contribution in [1.82, 2.24) is 4.98 Å². The number of pyridine rings is 1. The summed E-state index contributed by atoms with van der Waals surface area (Å²) in [6.07, 6.45) is 2.72. The first-order valence-corrected chi connectivity index (χ1v) is 5.33. The van der Waals surface area contributed by atoms with Crippen molar-refractivity contribution < 1.29 is 4.74 Å². The largest absolute Gasteiger partial charge is 0.494 e. The van der Waals surface area contributed by atoms with Crippen LogP contribution in [0, 0.1) is 0 Å². The number of nitrogens with one attached hydrogen (secondary N) is 1. The van der Waals surface area contributed by atoms with E-state index in [4.69, 9.17) is 10.6 Å². The van der Waals surface area contributed by atoms with Gasteiger partial charge in [-0.05, 0) is 30.7 Å². The van der Waals surface area contributed by atoms with E-state index in [2.05, 4.69) is 17.3 Å².